The van der Waals surface area contributed by atoms with Crippen LogP contribution in [0.3, 0.4) is 0 Å². The Morgan fingerprint density at radius 2 is 1.73 bits per heavy atom. The van der Waals surface area contributed by atoms with Crippen LogP contribution in [0.5, 0.6) is 5.75 Å². The molecule has 5 heteroatoms. The Bertz CT molecular complexity index is 924. The second-order valence-electron chi connectivity index (χ2n) is 5.57. The smallest absolute Gasteiger partial charge is 0.337 e. The number of methoxy groups -OCH3 is 1. The number of hydrogen-bond donors (Lipinski definition) is 0. The molecule has 3 nitrogen and oxygen atoms in total. The van der Waals surface area contributed by atoms with Gasteiger partial charge in [0.1, 0.15) is 12.4 Å². The van der Waals surface area contributed by atoms with Crippen LogP contribution in [0.4, 0.5) is 0 Å². The second kappa shape index (κ2) is 8.52. The third-order valence-electron chi connectivity index (χ3n) is 3.90. The molecule has 0 atom stereocenters. The first kappa shape index (κ1) is 18.7. The number of carbonyl (C=O) groups excluding carboxylic acids is 1. The maximum absolute atomic E-state index is 11.6. The number of ether oxygens (including phenoxy) is 2. The number of halogens is 2. The fourth-order valence-electron chi connectivity index (χ4n) is 2.55. The van der Waals surface area contributed by atoms with Gasteiger partial charge < -0.3 is 9.47 Å². The average Bonchev–Trinajstić information content (AvgIpc) is 2.68. The van der Waals surface area contributed by atoms with Crippen LogP contribution >= 0.6 is 31.9 Å². The Labute approximate surface area is 169 Å². The standard InChI is InChI=1S/C21H16Br2O3/c1-25-21(24)15-10-11-19(18(22)12-15)26-13-16-8-5-9-17(20(16)23)14-6-3-2-4-7-14/h2-12H,13H2,1H3. The zero-order valence-corrected chi connectivity index (χ0v) is 17.2. The van der Waals surface area contributed by atoms with E-state index in [-0.39, 0.29) is 5.97 Å². The van der Waals surface area contributed by atoms with Crippen LogP contribution in [0.25, 0.3) is 11.1 Å². The van der Waals surface area contributed by atoms with Crippen LogP contribution in [-0.2, 0) is 11.3 Å². The normalized spacial score (nSPS) is 10.4. The zero-order valence-electron chi connectivity index (χ0n) is 14.0. The fraction of sp³-hybridized carbons (Fsp3) is 0.0952. The van der Waals surface area contributed by atoms with Gasteiger partial charge in [-0.2, -0.15) is 0 Å². The van der Waals surface area contributed by atoms with E-state index in [1.807, 2.05) is 30.3 Å². The summed E-state index contributed by atoms with van der Waals surface area (Å²) < 4.78 is 12.4. The van der Waals surface area contributed by atoms with Crippen molar-refractivity contribution in [2.45, 2.75) is 6.61 Å². The monoisotopic (exact) mass is 474 g/mol. The average molecular weight is 476 g/mol. The van der Waals surface area contributed by atoms with Gasteiger partial charge in [-0.15, -0.1) is 0 Å². The first-order valence-electron chi connectivity index (χ1n) is 7.93. The molecule has 26 heavy (non-hydrogen) atoms. The van der Waals surface area contributed by atoms with E-state index in [0.29, 0.717) is 22.4 Å². The van der Waals surface area contributed by atoms with Crippen molar-refractivity contribution in [3.8, 4) is 16.9 Å². The van der Waals surface area contributed by atoms with Crippen molar-refractivity contribution in [1.29, 1.82) is 0 Å². The molecule has 0 saturated heterocycles. The van der Waals surface area contributed by atoms with E-state index < -0.39 is 0 Å². The lowest BCUT2D eigenvalue weighted by molar-refractivity contribution is 0.0600. The molecule has 3 aromatic rings. The molecule has 0 aliphatic carbocycles. The van der Waals surface area contributed by atoms with Crippen molar-refractivity contribution in [1.82, 2.24) is 0 Å². The van der Waals surface area contributed by atoms with Crippen LogP contribution in [0.1, 0.15) is 15.9 Å². The Balaban J connectivity index is 1.79. The van der Waals surface area contributed by atoms with Gasteiger partial charge in [-0.1, -0.05) is 48.5 Å². The van der Waals surface area contributed by atoms with Crippen molar-refractivity contribution in [3.05, 3.63) is 86.8 Å². The van der Waals surface area contributed by atoms with E-state index >= 15 is 0 Å². The number of esters is 1. The highest BCUT2D eigenvalue weighted by Gasteiger charge is 2.11. The summed E-state index contributed by atoms with van der Waals surface area (Å²) in [5.41, 5.74) is 3.77. The highest BCUT2D eigenvalue weighted by Crippen LogP contribution is 2.33. The third kappa shape index (κ3) is 4.17. The highest BCUT2D eigenvalue weighted by molar-refractivity contribution is 9.11. The zero-order chi connectivity index (χ0) is 18.5. The first-order chi connectivity index (χ1) is 12.6. The molecule has 0 unspecified atom stereocenters. The summed E-state index contributed by atoms with van der Waals surface area (Å²) in [6.07, 6.45) is 0. The molecule has 3 rings (SSSR count). The van der Waals surface area contributed by atoms with Gasteiger partial charge in [-0.05, 0) is 61.2 Å². The summed E-state index contributed by atoms with van der Waals surface area (Å²) in [4.78, 5) is 11.6. The predicted octanol–water partition coefficient (Wildman–Crippen LogP) is 6.24. The third-order valence-corrected chi connectivity index (χ3v) is 5.46. The van der Waals surface area contributed by atoms with Gasteiger partial charge in [0.2, 0.25) is 0 Å². The minimum Gasteiger partial charge on any atom is -0.488 e. The Hall–Kier alpha value is -2.11. The molecule has 0 aliphatic heterocycles. The Morgan fingerprint density at radius 3 is 2.42 bits per heavy atom. The molecule has 0 saturated carbocycles. The predicted molar refractivity (Wildman–Crippen MR) is 109 cm³/mol. The van der Waals surface area contributed by atoms with E-state index in [1.165, 1.54) is 7.11 Å². The van der Waals surface area contributed by atoms with Gasteiger partial charge in [0.25, 0.3) is 0 Å². The summed E-state index contributed by atoms with van der Waals surface area (Å²) in [5, 5.41) is 0. The van der Waals surface area contributed by atoms with E-state index in [0.717, 1.165) is 21.2 Å². The van der Waals surface area contributed by atoms with E-state index in [2.05, 4.69) is 50.1 Å². The van der Waals surface area contributed by atoms with Gasteiger partial charge in [-0.25, -0.2) is 4.79 Å². The SMILES string of the molecule is COC(=O)c1ccc(OCc2cccc(-c3ccccc3)c2Br)c(Br)c1. The molecule has 132 valence electrons. The van der Waals surface area contributed by atoms with Crippen molar-refractivity contribution < 1.29 is 14.3 Å². The van der Waals surface area contributed by atoms with E-state index in [1.54, 1.807) is 18.2 Å². The lowest BCUT2D eigenvalue weighted by Gasteiger charge is -2.13. The molecule has 0 aliphatic rings. The molecule has 0 spiro atoms. The van der Waals surface area contributed by atoms with Gasteiger partial charge >= 0.3 is 5.97 Å². The van der Waals surface area contributed by atoms with Crippen molar-refractivity contribution >= 4 is 37.8 Å². The Morgan fingerprint density at radius 1 is 0.962 bits per heavy atom. The van der Waals surface area contributed by atoms with Crippen LogP contribution in [0.2, 0.25) is 0 Å². The molecule has 0 fully saturated rings. The van der Waals surface area contributed by atoms with Gasteiger partial charge in [0.15, 0.2) is 0 Å². The molecule has 0 amide bonds. The van der Waals surface area contributed by atoms with Gasteiger partial charge in [0, 0.05) is 10.0 Å². The quantitative estimate of drug-likeness (QED) is 0.409. The summed E-state index contributed by atoms with van der Waals surface area (Å²) >= 11 is 7.14. The molecule has 3 aromatic carbocycles. The lowest BCUT2D eigenvalue weighted by Crippen LogP contribution is -2.02. The van der Waals surface area contributed by atoms with Crippen LogP contribution in [0, 0.1) is 0 Å². The number of rotatable bonds is 5. The number of benzene rings is 3. The molecule has 0 N–H and O–H groups in total. The molecule has 0 bridgehead atoms. The molecular formula is C21H16Br2O3. The second-order valence-corrected chi connectivity index (χ2v) is 7.22. The molecule has 0 heterocycles. The van der Waals surface area contributed by atoms with E-state index in [4.69, 9.17) is 9.47 Å². The largest absolute Gasteiger partial charge is 0.488 e. The summed E-state index contributed by atoms with van der Waals surface area (Å²) in [6.45, 7) is 0.400. The summed E-state index contributed by atoms with van der Waals surface area (Å²) in [5.74, 6) is 0.283. The lowest BCUT2D eigenvalue weighted by atomic mass is 10.0. The van der Waals surface area contributed by atoms with Crippen LogP contribution in [-0.4, -0.2) is 13.1 Å². The molecule has 0 radical (unpaired) electrons. The minimum atomic E-state index is -0.379. The van der Waals surface area contributed by atoms with E-state index in [9.17, 15) is 4.79 Å². The topological polar surface area (TPSA) is 35.5 Å². The van der Waals surface area contributed by atoms with Crippen molar-refractivity contribution in [3.63, 3.8) is 0 Å². The van der Waals surface area contributed by atoms with Crippen LogP contribution < -0.4 is 4.74 Å². The molecule has 0 aromatic heterocycles. The van der Waals surface area contributed by atoms with Gasteiger partial charge in [0.05, 0.1) is 17.1 Å². The van der Waals surface area contributed by atoms with Gasteiger partial charge in [-0.3, -0.25) is 0 Å². The number of carbonyl (C=O) groups is 1. The number of hydrogen-bond acceptors (Lipinski definition) is 3. The highest BCUT2D eigenvalue weighted by atomic mass is 79.9. The van der Waals surface area contributed by atoms with Crippen LogP contribution in [0.15, 0.2) is 75.7 Å². The summed E-state index contributed by atoms with van der Waals surface area (Å²) in [7, 11) is 1.36. The first-order valence-corrected chi connectivity index (χ1v) is 9.52. The fourth-order valence-corrected chi connectivity index (χ4v) is 3.65. The minimum absolute atomic E-state index is 0.379. The maximum atomic E-state index is 11.6. The maximum Gasteiger partial charge on any atom is 0.337 e. The Kier molecular flexibility index (Phi) is 6.12. The molecular weight excluding hydrogens is 460 g/mol. The van der Waals surface area contributed by atoms with Crippen molar-refractivity contribution in [2.75, 3.05) is 7.11 Å². The van der Waals surface area contributed by atoms with Crippen molar-refractivity contribution in [2.24, 2.45) is 0 Å². The summed E-state index contributed by atoms with van der Waals surface area (Å²) in [6, 6.07) is 21.4.